The summed E-state index contributed by atoms with van der Waals surface area (Å²) in [6, 6.07) is 7.86. The predicted octanol–water partition coefficient (Wildman–Crippen LogP) is -0.375. The normalized spacial score (nSPS) is 16.9. The van der Waals surface area contributed by atoms with Gasteiger partial charge in [-0.1, -0.05) is 17.7 Å². The number of benzene rings is 1. The first-order valence-electron chi connectivity index (χ1n) is 7.19. The highest BCUT2D eigenvalue weighted by Gasteiger charge is 2.17. The van der Waals surface area contributed by atoms with Crippen LogP contribution in [0, 0.1) is 6.92 Å². The van der Waals surface area contributed by atoms with Crippen LogP contribution in [-0.2, 0) is 4.79 Å². The van der Waals surface area contributed by atoms with Crippen molar-refractivity contribution in [3.8, 4) is 5.75 Å². The quantitative estimate of drug-likeness (QED) is 0.772. The summed E-state index contributed by atoms with van der Waals surface area (Å²) in [4.78, 5) is 13.3. The van der Waals surface area contributed by atoms with Gasteiger partial charge in [0.2, 0.25) is 5.91 Å². The Bertz CT molecular complexity index is 425. The molecule has 20 heavy (non-hydrogen) atoms. The fourth-order valence-corrected chi connectivity index (χ4v) is 2.13. The number of hydrazine groups is 1. The molecule has 1 aliphatic heterocycles. The third-order valence-electron chi connectivity index (χ3n) is 3.52. The molecule has 2 N–H and O–H groups in total. The van der Waals surface area contributed by atoms with Crippen LogP contribution in [0.15, 0.2) is 24.3 Å². The van der Waals surface area contributed by atoms with Crippen molar-refractivity contribution in [2.75, 3.05) is 39.8 Å². The van der Waals surface area contributed by atoms with Gasteiger partial charge in [-0.2, -0.15) is 0 Å². The van der Waals surface area contributed by atoms with Gasteiger partial charge in [0.1, 0.15) is 5.75 Å². The van der Waals surface area contributed by atoms with E-state index in [1.54, 1.807) is 0 Å². The zero-order valence-electron chi connectivity index (χ0n) is 12.3. The topological polar surface area (TPSA) is 46.0 Å². The Morgan fingerprint density at radius 3 is 2.60 bits per heavy atom. The van der Waals surface area contributed by atoms with Crippen LogP contribution in [0.4, 0.5) is 0 Å². The van der Waals surface area contributed by atoms with Gasteiger partial charge in [-0.25, -0.2) is 5.01 Å². The number of nitrogens with zero attached hydrogens (tertiary/aromatic N) is 1. The summed E-state index contributed by atoms with van der Waals surface area (Å²) in [5.41, 5.74) is 4.14. The number of hydrogen-bond donors (Lipinski definition) is 2. The van der Waals surface area contributed by atoms with E-state index in [4.69, 9.17) is 4.74 Å². The van der Waals surface area contributed by atoms with E-state index in [0.717, 1.165) is 31.9 Å². The van der Waals surface area contributed by atoms with Gasteiger partial charge in [0, 0.05) is 0 Å². The molecule has 1 aromatic carbocycles. The molecule has 0 atom stereocenters. The van der Waals surface area contributed by atoms with Gasteiger partial charge in [-0.05, 0) is 19.1 Å². The molecule has 0 bridgehead atoms. The SMILES string of the molecule is Cc1ccc(OCCC(=O)NN2CC[NH+](C)CC2)cc1. The van der Waals surface area contributed by atoms with Gasteiger partial charge in [0.25, 0.3) is 0 Å². The first kappa shape index (κ1) is 14.8. The molecular weight excluding hydrogens is 254 g/mol. The summed E-state index contributed by atoms with van der Waals surface area (Å²) in [6.07, 6.45) is 0.382. The number of carbonyl (C=O) groups is 1. The number of carbonyl (C=O) groups excluding carboxylic acids is 1. The van der Waals surface area contributed by atoms with E-state index < -0.39 is 0 Å². The number of piperazine rings is 1. The molecular formula is C15H24N3O2+. The van der Waals surface area contributed by atoms with Crippen molar-refractivity contribution >= 4 is 5.91 Å². The summed E-state index contributed by atoms with van der Waals surface area (Å²) < 4.78 is 5.55. The second-order valence-corrected chi connectivity index (χ2v) is 5.39. The molecule has 5 nitrogen and oxygen atoms in total. The van der Waals surface area contributed by atoms with Crippen LogP contribution in [0.5, 0.6) is 5.75 Å². The molecule has 1 aromatic rings. The van der Waals surface area contributed by atoms with Gasteiger partial charge in [0.05, 0.1) is 46.3 Å². The lowest BCUT2D eigenvalue weighted by Crippen LogP contribution is -3.12. The van der Waals surface area contributed by atoms with Crippen LogP contribution >= 0.6 is 0 Å². The second-order valence-electron chi connectivity index (χ2n) is 5.39. The molecule has 0 radical (unpaired) electrons. The summed E-state index contributed by atoms with van der Waals surface area (Å²) in [6.45, 7) is 6.41. The Labute approximate surface area is 120 Å². The molecule has 0 saturated carbocycles. The van der Waals surface area contributed by atoms with E-state index in [1.807, 2.05) is 36.2 Å². The number of hydrogen-bond acceptors (Lipinski definition) is 3. The fourth-order valence-electron chi connectivity index (χ4n) is 2.13. The Kier molecular flexibility index (Phi) is 5.38. The van der Waals surface area contributed by atoms with Crippen LogP contribution in [0.2, 0.25) is 0 Å². The van der Waals surface area contributed by atoms with Crippen molar-refractivity contribution in [2.45, 2.75) is 13.3 Å². The lowest BCUT2D eigenvalue weighted by atomic mass is 10.2. The molecule has 1 fully saturated rings. The second kappa shape index (κ2) is 7.26. The van der Waals surface area contributed by atoms with Crippen molar-refractivity contribution in [1.29, 1.82) is 0 Å². The summed E-state index contributed by atoms with van der Waals surface area (Å²) in [5.74, 6) is 0.836. The fraction of sp³-hybridized carbons (Fsp3) is 0.533. The largest absolute Gasteiger partial charge is 0.493 e. The maximum atomic E-state index is 11.8. The molecule has 1 heterocycles. The lowest BCUT2D eigenvalue weighted by molar-refractivity contribution is -0.884. The minimum Gasteiger partial charge on any atom is -0.493 e. The first-order valence-corrected chi connectivity index (χ1v) is 7.19. The van der Waals surface area contributed by atoms with E-state index in [2.05, 4.69) is 12.5 Å². The van der Waals surface area contributed by atoms with Crippen LogP contribution in [-0.4, -0.2) is 50.7 Å². The molecule has 0 aromatic heterocycles. The number of likely N-dealkylation sites (N-methyl/N-ethyl adjacent to an activating group) is 1. The zero-order valence-corrected chi connectivity index (χ0v) is 12.3. The van der Waals surface area contributed by atoms with Crippen molar-refractivity contribution in [3.63, 3.8) is 0 Å². The molecule has 5 heteroatoms. The Morgan fingerprint density at radius 1 is 1.30 bits per heavy atom. The number of amides is 1. The molecule has 1 aliphatic rings. The van der Waals surface area contributed by atoms with E-state index in [9.17, 15) is 4.79 Å². The predicted molar refractivity (Wildman–Crippen MR) is 77.6 cm³/mol. The number of rotatable bonds is 5. The Balaban J connectivity index is 1.64. The van der Waals surface area contributed by atoms with Crippen LogP contribution < -0.4 is 15.1 Å². The molecule has 1 amide bonds. The summed E-state index contributed by atoms with van der Waals surface area (Å²) >= 11 is 0. The Hall–Kier alpha value is -1.59. The Morgan fingerprint density at radius 2 is 1.95 bits per heavy atom. The third-order valence-corrected chi connectivity index (χ3v) is 3.52. The first-order chi connectivity index (χ1) is 9.63. The highest BCUT2D eigenvalue weighted by molar-refractivity contribution is 5.75. The van der Waals surface area contributed by atoms with Gasteiger partial charge in [-0.15, -0.1) is 0 Å². The van der Waals surface area contributed by atoms with Crippen molar-refractivity contribution in [2.24, 2.45) is 0 Å². The number of quaternary nitrogens is 1. The molecule has 1 saturated heterocycles. The van der Waals surface area contributed by atoms with Crippen LogP contribution in [0.3, 0.4) is 0 Å². The van der Waals surface area contributed by atoms with Crippen molar-refractivity contribution in [3.05, 3.63) is 29.8 Å². The summed E-state index contributed by atoms with van der Waals surface area (Å²) in [7, 11) is 2.18. The third kappa shape index (κ3) is 4.83. The number of nitrogens with one attached hydrogen (secondary N) is 2. The molecule has 0 aliphatic carbocycles. The minimum atomic E-state index is 0.0247. The van der Waals surface area contributed by atoms with E-state index >= 15 is 0 Å². The van der Waals surface area contributed by atoms with Gasteiger partial charge in [-0.3, -0.25) is 10.2 Å². The van der Waals surface area contributed by atoms with E-state index in [0.29, 0.717) is 13.0 Å². The average Bonchev–Trinajstić information content (AvgIpc) is 2.44. The molecule has 2 rings (SSSR count). The van der Waals surface area contributed by atoms with E-state index in [-0.39, 0.29) is 5.91 Å². The smallest absolute Gasteiger partial charge is 0.237 e. The van der Waals surface area contributed by atoms with Crippen LogP contribution in [0.25, 0.3) is 0 Å². The van der Waals surface area contributed by atoms with Gasteiger partial charge < -0.3 is 9.64 Å². The minimum absolute atomic E-state index is 0.0247. The van der Waals surface area contributed by atoms with Gasteiger partial charge >= 0.3 is 0 Å². The summed E-state index contributed by atoms with van der Waals surface area (Å²) in [5, 5.41) is 2.00. The van der Waals surface area contributed by atoms with Gasteiger partial charge in [0.15, 0.2) is 0 Å². The van der Waals surface area contributed by atoms with E-state index in [1.165, 1.54) is 10.5 Å². The number of ether oxygens (including phenoxy) is 1. The maximum Gasteiger partial charge on any atom is 0.237 e. The monoisotopic (exact) mass is 278 g/mol. The molecule has 110 valence electrons. The lowest BCUT2D eigenvalue weighted by Gasteiger charge is -2.30. The standard InChI is InChI=1S/C15H23N3O2/c1-13-3-5-14(6-4-13)20-12-7-15(19)16-18-10-8-17(2)9-11-18/h3-6H,7-12H2,1-2H3,(H,16,19)/p+1. The highest BCUT2D eigenvalue weighted by atomic mass is 16.5. The maximum absolute atomic E-state index is 11.8. The highest BCUT2D eigenvalue weighted by Crippen LogP contribution is 2.11. The van der Waals surface area contributed by atoms with Crippen molar-refractivity contribution in [1.82, 2.24) is 10.4 Å². The number of aryl methyl sites for hydroxylation is 1. The van der Waals surface area contributed by atoms with Crippen LogP contribution in [0.1, 0.15) is 12.0 Å². The average molecular weight is 278 g/mol. The molecule has 0 unspecified atom stereocenters. The zero-order chi connectivity index (χ0) is 14.4. The molecule has 0 spiro atoms. The van der Waals surface area contributed by atoms with Crippen molar-refractivity contribution < 1.29 is 14.4 Å².